The Balaban J connectivity index is 1.75. The molecule has 0 atom stereocenters. The Kier molecular flexibility index (Phi) is 7.51. The van der Waals surface area contributed by atoms with Crippen molar-refractivity contribution >= 4 is 45.6 Å². The highest BCUT2D eigenvalue weighted by molar-refractivity contribution is 7.10. The number of esters is 1. The van der Waals surface area contributed by atoms with E-state index >= 15 is 0 Å². The molecule has 0 spiro atoms. The van der Waals surface area contributed by atoms with Crippen LogP contribution < -0.4 is 10.6 Å². The van der Waals surface area contributed by atoms with Crippen LogP contribution in [0.2, 0.25) is 0 Å². The first-order valence-electron chi connectivity index (χ1n) is 11.6. The van der Waals surface area contributed by atoms with Gasteiger partial charge in [-0.05, 0) is 41.5 Å². The third-order valence-corrected chi connectivity index (χ3v) is 6.74. The molecule has 0 fully saturated rings. The van der Waals surface area contributed by atoms with Gasteiger partial charge in [-0.2, -0.15) is 0 Å². The van der Waals surface area contributed by atoms with Crippen molar-refractivity contribution in [2.75, 3.05) is 17.7 Å². The molecule has 0 aliphatic rings. The zero-order valence-electron chi connectivity index (χ0n) is 20.4. The van der Waals surface area contributed by atoms with E-state index in [1.165, 1.54) is 17.6 Å². The number of fused-ring (bicyclic) bond motifs is 1. The molecule has 2 N–H and O–H groups in total. The third-order valence-electron chi connectivity index (χ3n) is 5.72. The molecule has 3 heterocycles. The van der Waals surface area contributed by atoms with Crippen molar-refractivity contribution in [2.45, 2.75) is 40.3 Å². The zero-order valence-corrected chi connectivity index (χ0v) is 21.2. The van der Waals surface area contributed by atoms with Crippen LogP contribution in [0.1, 0.15) is 40.3 Å². The van der Waals surface area contributed by atoms with E-state index in [2.05, 4.69) is 42.9 Å². The zero-order chi connectivity index (χ0) is 24.9. The molecule has 1 amide bonds. The molecule has 182 valence electrons. The highest BCUT2D eigenvalue weighted by atomic mass is 32.1. The third kappa shape index (κ3) is 5.54. The van der Waals surface area contributed by atoms with Crippen molar-refractivity contribution in [1.29, 1.82) is 0 Å². The normalized spacial score (nSPS) is 11.1. The van der Waals surface area contributed by atoms with Gasteiger partial charge in [0, 0.05) is 23.4 Å². The quantitative estimate of drug-likeness (QED) is 0.297. The predicted octanol–water partition coefficient (Wildman–Crippen LogP) is 5.64. The van der Waals surface area contributed by atoms with E-state index in [1.807, 2.05) is 41.0 Å². The Morgan fingerprint density at radius 1 is 1.17 bits per heavy atom. The first kappa shape index (κ1) is 24.5. The Morgan fingerprint density at radius 2 is 1.94 bits per heavy atom. The molecule has 0 saturated carbocycles. The van der Waals surface area contributed by atoms with Gasteiger partial charge >= 0.3 is 5.97 Å². The van der Waals surface area contributed by atoms with E-state index in [9.17, 15) is 9.59 Å². The SMILES string of the molecule is COC(=O)c1c(NC(=O)Cc2ccccc2)c2cc(NCc3sccc3C)cnc2n1CC(C)C. The number of aromatic nitrogens is 2. The highest BCUT2D eigenvalue weighted by Crippen LogP contribution is 2.33. The lowest BCUT2D eigenvalue weighted by molar-refractivity contribution is -0.115. The number of nitrogens with zero attached hydrogens (tertiary/aromatic N) is 2. The van der Waals surface area contributed by atoms with Gasteiger partial charge in [0.2, 0.25) is 5.91 Å². The average molecular weight is 491 g/mol. The maximum atomic E-state index is 13.0. The Hall–Kier alpha value is -3.65. The summed E-state index contributed by atoms with van der Waals surface area (Å²) < 4.78 is 6.96. The minimum Gasteiger partial charge on any atom is -0.464 e. The van der Waals surface area contributed by atoms with E-state index < -0.39 is 5.97 Å². The van der Waals surface area contributed by atoms with Crippen molar-refractivity contribution in [3.63, 3.8) is 0 Å². The summed E-state index contributed by atoms with van der Waals surface area (Å²) >= 11 is 1.70. The van der Waals surface area contributed by atoms with Crippen LogP contribution in [0.25, 0.3) is 11.0 Å². The van der Waals surface area contributed by atoms with Gasteiger partial charge in [0.15, 0.2) is 5.69 Å². The van der Waals surface area contributed by atoms with Gasteiger partial charge in [0.1, 0.15) is 5.65 Å². The number of pyridine rings is 1. The van der Waals surface area contributed by atoms with E-state index in [0.29, 0.717) is 35.5 Å². The molecule has 0 radical (unpaired) electrons. The standard InChI is InChI=1S/C27H30N4O3S/c1-17(2)16-31-25(27(33)34-4)24(30-23(32)12-19-8-6-5-7-9-19)21-13-20(14-29-26(21)31)28-15-22-18(3)10-11-35-22/h5-11,13-14,17,28H,12,15-16H2,1-4H3,(H,30,32). The minimum atomic E-state index is -0.512. The molecule has 35 heavy (non-hydrogen) atoms. The maximum absolute atomic E-state index is 13.0. The average Bonchev–Trinajstić information content (AvgIpc) is 3.38. The Labute approximate surface area is 209 Å². The number of ether oxygens (including phenoxy) is 1. The molecule has 4 aromatic rings. The molecular formula is C27H30N4O3S. The van der Waals surface area contributed by atoms with Gasteiger partial charge in [0.25, 0.3) is 0 Å². The van der Waals surface area contributed by atoms with Crippen molar-refractivity contribution in [2.24, 2.45) is 5.92 Å². The molecule has 0 unspecified atom stereocenters. The van der Waals surface area contributed by atoms with Gasteiger partial charge < -0.3 is 19.9 Å². The lowest BCUT2D eigenvalue weighted by atomic mass is 10.1. The fourth-order valence-electron chi connectivity index (χ4n) is 4.03. The summed E-state index contributed by atoms with van der Waals surface area (Å²) in [6, 6.07) is 13.5. The number of anilines is 2. The lowest BCUT2D eigenvalue weighted by Crippen LogP contribution is -2.19. The van der Waals surface area contributed by atoms with Crippen molar-refractivity contribution in [1.82, 2.24) is 9.55 Å². The van der Waals surface area contributed by atoms with Crippen LogP contribution in [0.3, 0.4) is 0 Å². The van der Waals surface area contributed by atoms with Gasteiger partial charge in [0.05, 0.1) is 31.1 Å². The number of methoxy groups -OCH3 is 1. The fourth-order valence-corrected chi connectivity index (χ4v) is 4.88. The van der Waals surface area contributed by atoms with Crippen molar-refractivity contribution in [3.8, 4) is 0 Å². The van der Waals surface area contributed by atoms with E-state index in [1.54, 1.807) is 17.5 Å². The first-order valence-corrected chi connectivity index (χ1v) is 12.5. The monoisotopic (exact) mass is 490 g/mol. The molecule has 0 saturated heterocycles. The van der Waals surface area contributed by atoms with Gasteiger partial charge in [-0.15, -0.1) is 11.3 Å². The van der Waals surface area contributed by atoms with Crippen LogP contribution in [-0.2, 0) is 29.0 Å². The molecule has 7 nitrogen and oxygen atoms in total. The minimum absolute atomic E-state index is 0.196. The molecular weight excluding hydrogens is 460 g/mol. The van der Waals surface area contributed by atoms with Crippen LogP contribution in [0.4, 0.5) is 11.4 Å². The molecule has 0 bridgehead atoms. The largest absolute Gasteiger partial charge is 0.464 e. The van der Waals surface area contributed by atoms with Crippen LogP contribution >= 0.6 is 11.3 Å². The van der Waals surface area contributed by atoms with Gasteiger partial charge in [-0.3, -0.25) is 4.79 Å². The number of hydrogen-bond acceptors (Lipinski definition) is 6. The fraction of sp³-hybridized carbons (Fsp3) is 0.296. The summed E-state index contributed by atoms with van der Waals surface area (Å²) in [7, 11) is 1.35. The van der Waals surface area contributed by atoms with E-state index in [0.717, 1.165) is 11.3 Å². The number of carbonyl (C=O) groups excluding carboxylic acids is 2. The second-order valence-corrected chi connectivity index (χ2v) is 9.91. The first-order chi connectivity index (χ1) is 16.9. The van der Waals surface area contributed by atoms with Crippen LogP contribution in [0.5, 0.6) is 0 Å². The number of carbonyl (C=O) groups is 2. The molecule has 4 rings (SSSR count). The Morgan fingerprint density at radius 3 is 2.60 bits per heavy atom. The number of benzene rings is 1. The molecule has 0 aliphatic carbocycles. The number of aryl methyl sites for hydroxylation is 1. The summed E-state index contributed by atoms with van der Waals surface area (Å²) in [6.07, 6.45) is 1.96. The second kappa shape index (κ2) is 10.7. The number of rotatable bonds is 9. The maximum Gasteiger partial charge on any atom is 0.356 e. The summed E-state index contributed by atoms with van der Waals surface area (Å²) in [5.41, 5.74) is 4.30. The van der Waals surface area contributed by atoms with Crippen molar-refractivity contribution in [3.05, 3.63) is 75.7 Å². The van der Waals surface area contributed by atoms with Crippen LogP contribution in [-0.4, -0.2) is 28.5 Å². The number of amides is 1. The summed E-state index contributed by atoms with van der Waals surface area (Å²) in [4.78, 5) is 31.9. The molecule has 3 aromatic heterocycles. The number of thiophene rings is 1. The van der Waals surface area contributed by atoms with Crippen LogP contribution in [0.15, 0.2) is 54.0 Å². The number of nitrogens with one attached hydrogen (secondary N) is 2. The van der Waals surface area contributed by atoms with Gasteiger partial charge in [-0.25, -0.2) is 9.78 Å². The Bertz CT molecular complexity index is 1340. The lowest BCUT2D eigenvalue weighted by Gasteiger charge is -2.12. The smallest absolute Gasteiger partial charge is 0.356 e. The summed E-state index contributed by atoms with van der Waals surface area (Å²) in [5.74, 6) is -0.469. The van der Waals surface area contributed by atoms with E-state index in [4.69, 9.17) is 9.72 Å². The van der Waals surface area contributed by atoms with Gasteiger partial charge in [-0.1, -0.05) is 44.2 Å². The number of hydrogen-bond donors (Lipinski definition) is 2. The summed E-state index contributed by atoms with van der Waals surface area (Å²) in [6.45, 7) is 7.45. The highest BCUT2D eigenvalue weighted by Gasteiger charge is 2.26. The van der Waals surface area contributed by atoms with Crippen molar-refractivity contribution < 1.29 is 14.3 Å². The molecule has 1 aromatic carbocycles. The van der Waals surface area contributed by atoms with Crippen LogP contribution in [0, 0.1) is 12.8 Å². The molecule has 8 heteroatoms. The molecule has 0 aliphatic heterocycles. The predicted molar refractivity (Wildman–Crippen MR) is 141 cm³/mol. The van der Waals surface area contributed by atoms with E-state index in [-0.39, 0.29) is 18.2 Å². The summed E-state index contributed by atoms with van der Waals surface area (Å²) in [5, 5.41) is 9.18. The topological polar surface area (TPSA) is 85.2 Å². The second-order valence-electron chi connectivity index (χ2n) is 8.91.